The standard InChI is InChI=1S/C35H41N3O4/c1-8-22-38(33(40)29(23-27-16-11-10-12-17-27)36-34(41)42-35(5,6)7)31(28-20-18-26(9-2)19-21-28)32(39)37-30-24(3)14-13-15-25(30)4/h2,10-21,29,31H,8,22-23H2,1,3-7H3,(H,36,41)(H,37,39). The molecule has 0 saturated heterocycles. The Balaban J connectivity index is 2.07. The second-order valence-corrected chi connectivity index (χ2v) is 11.3. The number of hydrogen-bond donors (Lipinski definition) is 2. The van der Waals surface area contributed by atoms with E-state index in [2.05, 4.69) is 16.6 Å². The van der Waals surface area contributed by atoms with Crippen molar-refractivity contribution >= 4 is 23.6 Å². The van der Waals surface area contributed by atoms with Crippen LogP contribution in [0, 0.1) is 26.2 Å². The maximum Gasteiger partial charge on any atom is 0.408 e. The fraction of sp³-hybridized carbons (Fsp3) is 0.343. The number of rotatable bonds is 10. The summed E-state index contributed by atoms with van der Waals surface area (Å²) in [5, 5.41) is 5.86. The molecule has 2 N–H and O–H groups in total. The van der Waals surface area contributed by atoms with Crippen molar-refractivity contribution in [1.82, 2.24) is 10.2 Å². The van der Waals surface area contributed by atoms with Crippen LogP contribution in [0.3, 0.4) is 0 Å². The number of nitrogens with one attached hydrogen (secondary N) is 2. The Hall–Kier alpha value is -4.57. The Morgan fingerprint density at radius 3 is 2.10 bits per heavy atom. The number of carbonyl (C=O) groups excluding carboxylic acids is 3. The summed E-state index contributed by atoms with van der Waals surface area (Å²) in [5.74, 6) is 1.84. The van der Waals surface area contributed by atoms with Gasteiger partial charge < -0.3 is 20.3 Å². The number of alkyl carbamates (subject to hydrolysis) is 1. The Labute approximate surface area is 249 Å². The molecule has 3 aromatic rings. The van der Waals surface area contributed by atoms with E-state index < -0.39 is 29.7 Å². The van der Waals surface area contributed by atoms with Crippen LogP contribution in [-0.2, 0) is 20.7 Å². The van der Waals surface area contributed by atoms with Gasteiger partial charge in [0, 0.05) is 24.2 Å². The van der Waals surface area contributed by atoms with Gasteiger partial charge in [-0.25, -0.2) is 4.79 Å². The number of nitrogens with zero attached hydrogens (tertiary/aromatic N) is 1. The van der Waals surface area contributed by atoms with Gasteiger partial charge in [0.2, 0.25) is 5.91 Å². The summed E-state index contributed by atoms with van der Waals surface area (Å²) < 4.78 is 5.50. The summed E-state index contributed by atoms with van der Waals surface area (Å²) in [4.78, 5) is 43.0. The van der Waals surface area contributed by atoms with Crippen molar-refractivity contribution in [1.29, 1.82) is 0 Å². The van der Waals surface area contributed by atoms with Crippen LogP contribution in [-0.4, -0.2) is 41.0 Å². The summed E-state index contributed by atoms with van der Waals surface area (Å²) in [6.07, 6.45) is 5.69. The van der Waals surface area contributed by atoms with E-state index in [-0.39, 0.29) is 18.9 Å². The van der Waals surface area contributed by atoms with E-state index in [9.17, 15) is 14.4 Å². The summed E-state index contributed by atoms with van der Waals surface area (Å²) in [6.45, 7) is 11.4. The Bertz CT molecular complexity index is 1400. The van der Waals surface area contributed by atoms with E-state index in [0.29, 0.717) is 23.2 Å². The summed E-state index contributed by atoms with van der Waals surface area (Å²) in [5.41, 5.74) is 3.89. The highest BCUT2D eigenvalue weighted by molar-refractivity contribution is 6.00. The molecule has 0 aliphatic rings. The zero-order valence-electron chi connectivity index (χ0n) is 25.4. The molecule has 0 heterocycles. The number of benzene rings is 3. The lowest BCUT2D eigenvalue weighted by molar-refractivity contribution is -0.140. The highest BCUT2D eigenvalue weighted by Crippen LogP contribution is 2.28. The average molecular weight is 568 g/mol. The number of hydrogen-bond acceptors (Lipinski definition) is 4. The number of carbonyl (C=O) groups is 3. The van der Waals surface area contributed by atoms with E-state index >= 15 is 0 Å². The van der Waals surface area contributed by atoms with Gasteiger partial charge in [0.25, 0.3) is 5.91 Å². The maximum absolute atomic E-state index is 14.4. The minimum Gasteiger partial charge on any atom is -0.444 e. The predicted octanol–water partition coefficient (Wildman–Crippen LogP) is 6.34. The molecule has 7 nitrogen and oxygen atoms in total. The summed E-state index contributed by atoms with van der Waals surface area (Å²) >= 11 is 0. The molecule has 3 amide bonds. The van der Waals surface area contributed by atoms with Gasteiger partial charge in [-0.2, -0.15) is 0 Å². The van der Waals surface area contributed by atoms with E-state index in [1.165, 1.54) is 0 Å². The van der Waals surface area contributed by atoms with Crippen LogP contribution in [0.15, 0.2) is 72.8 Å². The Morgan fingerprint density at radius 2 is 1.55 bits per heavy atom. The molecule has 0 spiro atoms. The van der Waals surface area contributed by atoms with Crippen molar-refractivity contribution in [3.63, 3.8) is 0 Å². The minimum atomic E-state index is -0.984. The van der Waals surface area contributed by atoms with E-state index in [4.69, 9.17) is 11.2 Å². The first-order valence-corrected chi connectivity index (χ1v) is 14.2. The summed E-state index contributed by atoms with van der Waals surface area (Å²) in [7, 11) is 0. The second-order valence-electron chi connectivity index (χ2n) is 11.3. The first kappa shape index (κ1) is 32.0. The Kier molecular flexibility index (Phi) is 10.9. The smallest absolute Gasteiger partial charge is 0.408 e. The molecule has 0 saturated carbocycles. The lowest BCUT2D eigenvalue weighted by atomic mass is 9.98. The molecule has 0 fully saturated rings. The van der Waals surface area contributed by atoms with E-state index in [1.54, 1.807) is 49.9 Å². The average Bonchev–Trinajstić information content (AvgIpc) is 2.94. The zero-order chi connectivity index (χ0) is 30.9. The van der Waals surface area contributed by atoms with Crippen LogP contribution in [0.25, 0.3) is 0 Å². The molecule has 0 aliphatic carbocycles. The molecule has 0 bridgehead atoms. The van der Waals surface area contributed by atoms with Crippen LogP contribution in [0.4, 0.5) is 10.5 Å². The number of aryl methyl sites for hydroxylation is 2. The first-order chi connectivity index (χ1) is 19.9. The number of amides is 3. The molecule has 42 heavy (non-hydrogen) atoms. The lowest BCUT2D eigenvalue weighted by Gasteiger charge is -2.34. The van der Waals surface area contributed by atoms with Crippen molar-refractivity contribution < 1.29 is 19.1 Å². The van der Waals surface area contributed by atoms with Crippen molar-refractivity contribution in [3.8, 4) is 12.3 Å². The molecule has 0 radical (unpaired) electrons. The van der Waals surface area contributed by atoms with E-state index in [0.717, 1.165) is 16.7 Å². The molecule has 0 aliphatic heterocycles. The molecule has 3 aromatic carbocycles. The van der Waals surface area contributed by atoms with Crippen molar-refractivity contribution in [2.24, 2.45) is 0 Å². The summed E-state index contributed by atoms with van der Waals surface area (Å²) in [6, 6.07) is 20.3. The maximum atomic E-state index is 14.4. The molecule has 7 heteroatoms. The number of anilines is 1. The minimum absolute atomic E-state index is 0.223. The van der Waals surface area contributed by atoms with Gasteiger partial charge in [-0.05, 0) is 75.4 Å². The second kappa shape index (κ2) is 14.4. The fourth-order valence-electron chi connectivity index (χ4n) is 4.74. The van der Waals surface area contributed by atoms with Crippen molar-refractivity contribution in [2.75, 3.05) is 11.9 Å². The topological polar surface area (TPSA) is 87.7 Å². The van der Waals surface area contributed by atoms with Gasteiger partial charge in [0.1, 0.15) is 17.7 Å². The van der Waals surface area contributed by atoms with Gasteiger partial charge in [0.05, 0.1) is 0 Å². The van der Waals surface area contributed by atoms with Crippen LogP contribution in [0.2, 0.25) is 0 Å². The zero-order valence-corrected chi connectivity index (χ0v) is 25.4. The van der Waals surface area contributed by atoms with Crippen LogP contribution in [0.1, 0.15) is 68.0 Å². The normalized spacial score (nSPS) is 12.4. The third kappa shape index (κ3) is 8.71. The highest BCUT2D eigenvalue weighted by Gasteiger charge is 2.36. The lowest BCUT2D eigenvalue weighted by Crippen LogP contribution is -2.53. The predicted molar refractivity (Wildman–Crippen MR) is 167 cm³/mol. The van der Waals surface area contributed by atoms with Crippen LogP contribution >= 0.6 is 0 Å². The van der Waals surface area contributed by atoms with Crippen molar-refractivity contribution in [3.05, 3.63) is 101 Å². The first-order valence-electron chi connectivity index (χ1n) is 14.2. The molecule has 220 valence electrons. The molecule has 0 aromatic heterocycles. The fourth-order valence-corrected chi connectivity index (χ4v) is 4.74. The number of ether oxygens (including phenoxy) is 1. The quantitative estimate of drug-likeness (QED) is 0.280. The van der Waals surface area contributed by atoms with Gasteiger partial charge in [-0.15, -0.1) is 6.42 Å². The molecular weight excluding hydrogens is 526 g/mol. The molecular formula is C35H41N3O4. The number of terminal acetylenes is 1. The van der Waals surface area contributed by atoms with Gasteiger partial charge in [-0.1, -0.05) is 73.5 Å². The molecule has 3 rings (SSSR count). The monoisotopic (exact) mass is 567 g/mol. The van der Waals surface area contributed by atoms with E-state index in [1.807, 2.05) is 69.3 Å². The SMILES string of the molecule is C#Cc1ccc(C(C(=O)Nc2c(C)cccc2C)N(CCC)C(=O)C(Cc2ccccc2)NC(=O)OC(C)(C)C)cc1. The Morgan fingerprint density at radius 1 is 0.929 bits per heavy atom. The molecule has 2 unspecified atom stereocenters. The molecule has 2 atom stereocenters. The van der Waals surface area contributed by atoms with Gasteiger partial charge in [-0.3, -0.25) is 9.59 Å². The van der Waals surface area contributed by atoms with Crippen molar-refractivity contribution in [2.45, 2.75) is 72.1 Å². The third-order valence-corrected chi connectivity index (χ3v) is 6.70. The largest absolute Gasteiger partial charge is 0.444 e. The van der Waals surface area contributed by atoms with Crippen LogP contribution in [0.5, 0.6) is 0 Å². The highest BCUT2D eigenvalue weighted by atomic mass is 16.6. The number of para-hydroxylation sites is 1. The van der Waals surface area contributed by atoms with Gasteiger partial charge in [0.15, 0.2) is 0 Å². The van der Waals surface area contributed by atoms with Crippen LogP contribution < -0.4 is 10.6 Å². The third-order valence-electron chi connectivity index (χ3n) is 6.70. The van der Waals surface area contributed by atoms with Gasteiger partial charge >= 0.3 is 6.09 Å².